The molecule has 1 aliphatic heterocycles. The van der Waals surface area contributed by atoms with E-state index >= 15 is 0 Å². The van der Waals surface area contributed by atoms with Crippen LogP contribution in [0.4, 0.5) is 5.82 Å². The Hall–Kier alpha value is -4.36. The van der Waals surface area contributed by atoms with Crippen LogP contribution in [-0.2, 0) is 0 Å². The number of hydrogen-bond acceptors (Lipinski definition) is 6. The molecule has 1 aliphatic rings. The van der Waals surface area contributed by atoms with Crippen molar-refractivity contribution >= 4 is 22.7 Å². The standard InChI is InChI=1S/C23H17N5O2/c1-13-17(11-24)21(18(12-25)14(2)27-13)20-10-16-19(30-20)8-9-26-22(16)28-23(29)15-6-4-3-5-7-15/h3-10,21,27H,1-2H3,(H,26,28,29). The second-order valence-corrected chi connectivity index (χ2v) is 6.90. The Bertz CT molecular complexity index is 1270. The van der Waals surface area contributed by atoms with Gasteiger partial charge in [0.05, 0.1) is 34.6 Å². The van der Waals surface area contributed by atoms with Gasteiger partial charge in [0.2, 0.25) is 0 Å². The molecule has 7 heteroatoms. The number of nitrogens with zero attached hydrogens (tertiary/aromatic N) is 3. The number of amides is 1. The van der Waals surface area contributed by atoms with Gasteiger partial charge >= 0.3 is 0 Å². The highest BCUT2D eigenvalue weighted by atomic mass is 16.3. The van der Waals surface area contributed by atoms with E-state index in [9.17, 15) is 15.3 Å². The van der Waals surface area contributed by atoms with Crippen LogP contribution in [0.15, 0.2) is 75.6 Å². The van der Waals surface area contributed by atoms with Crippen molar-refractivity contribution < 1.29 is 9.21 Å². The Morgan fingerprint density at radius 2 is 1.77 bits per heavy atom. The molecule has 0 spiro atoms. The minimum atomic E-state index is -0.619. The summed E-state index contributed by atoms with van der Waals surface area (Å²) in [5, 5.41) is 25.8. The molecule has 0 radical (unpaired) electrons. The van der Waals surface area contributed by atoms with Gasteiger partial charge < -0.3 is 15.1 Å². The number of aromatic nitrogens is 1. The average molecular weight is 395 g/mol. The van der Waals surface area contributed by atoms with E-state index in [1.54, 1.807) is 50.2 Å². The van der Waals surface area contributed by atoms with Crippen molar-refractivity contribution in [2.75, 3.05) is 5.32 Å². The summed E-state index contributed by atoms with van der Waals surface area (Å²) in [6.45, 7) is 3.58. The summed E-state index contributed by atoms with van der Waals surface area (Å²) in [6, 6.07) is 16.6. The molecule has 0 bridgehead atoms. The van der Waals surface area contributed by atoms with Crippen LogP contribution in [0.5, 0.6) is 0 Å². The highest BCUT2D eigenvalue weighted by Crippen LogP contribution is 2.40. The van der Waals surface area contributed by atoms with Crippen LogP contribution < -0.4 is 10.6 Å². The molecule has 146 valence electrons. The summed E-state index contributed by atoms with van der Waals surface area (Å²) in [7, 11) is 0. The summed E-state index contributed by atoms with van der Waals surface area (Å²) in [5.74, 6) is -0.112. The zero-order chi connectivity index (χ0) is 21.3. The van der Waals surface area contributed by atoms with Crippen LogP contribution >= 0.6 is 0 Å². The van der Waals surface area contributed by atoms with Crippen LogP contribution in [0.25, 0.3) is 11.0 Å². The Morgan fingerprint density at radius 1 is 1.10 bits per heavy atom. The number of furan rings is 1. The summed E-state index contributed by atoms with van der Waals surface area (Å²) in [6.07, 6.45) is 1.54. The van der Waals surface area contributed by atoms with Crippen molar-refractivity contribution in [3.05, 3.63) is 82.5 Å². The normalized spacial score (nSPS) is 14.3. The third-order valence-electron chi connectivity index (χ3n) is 5.02. The number of nitrogens with one attached hydrogen (secondary N) is 2. The Labute approximate surface area is 172 Å². The molecule has 2 N–H and O–H groups in total. The molecule has 0 unspecified atom stereocenters. The first-order valence-electron chi connectivity index (χ1n) is 9.27. The number of anilines is 1. The van der Waals surface area contributed by atoms with Crippen LogP contribution in [0.2, 0.25) is 0 Å². The fourth-order valence-corrected chi connectivity index (χ4v) is 3.57. The van der Waals surface area contributed by atoms with Crippen molar-refractivity contribution in [2.24, 2.45) is 0 Å². The van der Waals surface area contributed by atoms with Crippen LogP contribution in [0.3, 0.4) is 0 Å². The van der Waals surface area contributed by atoms with E-state index in [0.29, 0.717) is 50.7 Å². The van der Waals surface area contributed by atoms with Crippen molar-refractivity contribution in [2.45, 2.75) is 19.8 Å². The molecule has 1 aromatic carbocycles. The van der Waals surface area contributed by atoms with Gasteiger partial charge in [-0.1, -0.05) is 18.2 Å². The Kier molecular flexibility index (Phi) is 4.79. The number of pyridine rings is 1. The van der Waals surface area contributed by atoms with Gasteiger partial charge in [0, 0.05) is 23.2 Å². The van der Waals surface area contributed by atoms with E-state index < -0.39 is 5.92 Å². The molecular weight excluding hydrogens is 378 g/mol. The molecule has 3 heterocycles. The number of hydrogen-bond donors (Lipinski definition) is 2. The third-order valence-corrected chi connectivity index (χ3v) is 5.02. The molecule has 3 aromatic rings. The van der Waals surface area contributed by atoms with Crippen molar-refractivity contribution in [3.8, 4) is 12.1 Å². The number of allylic oxidation sites excluding steroid dienone is 4. The lowest BCUT2D eigenvalue weighted by molar-refractivity contribution is 0.102. The van der Waals surface area contributed by atoms with Gasteiger partial charge in [-0.3, -0.25) is 4.79 Å². The summed E-state index contributed by atoms with van der Waals surface area (Å²) >= 11 is 0. The van der Waals surface area contributed by atoms with Gasteiger partial charge in [-0.2, -0.15) is 10.5 Å². The summed E-state index contributed by atoms with van der Waals surface area (Å²) in [5.41, 5.74) is 3.20. The average Bonchev–Trinajstić information content (AvgIpc) is 3.19. The highest BCUT2D eigenvalue weighted by Gasteiger charge is 2.32. The number of carbonyl (C=O) groups excluding carboxylic acids is 1. The molecule has 1 amide bonds. The van der Waals surface area contributed by atoms with E-state index in [-0.39, 0.29) is 5.91 Å². The lowest BCUT2D eigenvalue weighted by Crippen LogP contribution is -2.23. The van der Waals surface area contributed by atoms with Crippen LogP contribution in [0.1, 0.15) is 35.9 Å². The monoisotopic (exact) mass is 395 g/mol. The molecule has 0 atom stereocenters. The fraction of sp³-hybridized carbons (Fsp3) is 0.130. The van der Waals surface area contributed by atoms with E-state index in [1.807, 2.05) is 6.07 Å². The minimum Gasteiger partial charge on any atom is -0.460 e. The quantitative estimate of drug-likeness (QED) is 0.681. The molecule has 0 aliphatic carbocycles. The second kappa shape index (κ2) is 7.57. The SMILES string of the molecule is CC1=C(C#N)C(c2cc3c(NC(=O)c4ccccc4)nccc3o2)C(C#N)=C(C)N1. The maximum absolute atomic E-state index is 12.6. The zero-order valence-electron chi connectivity index (χ0n) is 16.4. The molecule has 4 rings (SSSR count). The molecule has 7 nitrogen and oxygen atoms in total. The lowest BCUT2D eigenvalue weighted by atomic mass is 9.85. The first-order chi connectivity index (χ1) is 14.5. The number of fused-ring (bicyclic) bond motifs is 1. The topological polar surface area (TPSA) is 115 Å². The first-order valence-corrected chi connectivity index (χ1v) is 9.27. The number of dihydropyridines is 1. The molecule has 0 saturated carbocycles. The largest absolute Gasteiger partial charge is 0.460 e. The van der Waals surface area contributed by atoms with E-state index in [0.717, 1.165) is 0 Å². The van der Waals surface area contributed by atoms with Gasteiger partial charge in [0.1, 0.15) is 17.2 Å². The number of rotatable bonds is 3. The minimum absolute atomic E-state index is 0.290. The number of carbonyl (C=O) groups is 1. The van der Waals surface area contributed by atoms with Crippen molar-refractivity contribution in [1.29, 1.82) is 10.5 Å². The first kappa shape index (κ1) is 19.0. The predicted molar refractivity (Wildman–Crippen MR) is 111 cm³/mol. The van der Waals surface area contributed by atoms with E-state index in [4.69, 9.17) is 4.42 Å². The van der Waals surface area contributed by atoms with Crippen LogP contribution in [-0.4, -0.2) is 10.9 Å². The lowest BCUT2D eigenvalue weighted by Gasteiger charge is -2.24. The smallest absolute Gasteiger partial charge is 0.256 e. The van der Waals surface area contributed by atoms with E-state index in [2.05, 4.69) is 27.8 Å². The molecule has 30 heavy (non-hydrogen) atoms. The Balaban J connectivity index is 1.78. The van der Waals surface area contributed by atoms with Crippen molar-refractivity contribution in [3.63, 3.8) is 0 Å². The highest BCUT2D eigenvalue weighted by molar-refractivity contribution is 6.07. The number of benzene rings is 1. The van der Waals surface area contributed by atoms with Gasteiger partial charge in [-0.25, -0.2) is 4.98 Å². The maximum Gasteiger partial charge on any atom is 0.256 e. The fourth-order valence-electron chi connectivity index (χ4n) is 3.57. The summed E-state index contributed by atoms with van der Waals surface area (Å²) in [4.78, 5) is 16.8. The van der Waals surface area contributed by atoms with Gasteiger partial charge in [0.15, 0.2) is 0 Å². The van der Waals surface area contributed by atoms with Gasteiger partial charge in [0.25, 0.3) is 5.91 Å². The van der Waals surface area contributed by atoms with Crippen LogP contribution in [0, 0.1) is 22.7 Å². The summed E-state index contributed by atoms with van der Waals surface area (Å²) < 4.78 is 6.01. The Morgan fingerprint density at radius 3 is 2.40 bits per heavy atom. The molecule has 0 saturated heterocycles. The predicted octanol–water partition coefficient (Wildman–Crippen LogP) is 4.36. The maximum atomic E-state index is 12.6. The van der Waals surface area contributed by atoms with E-state index in [1.165, 1.54) is 6.20 Å². The molecular formula is C23H17N5O2. The third kappa shape index (κ3) is 3.19. The van der Waals surface area contributed by atoms with Gasteiger partial charge in [-0.15, -0.1) is 0 Å². The molecule has 0 fully saturated rings. The van der Waals surface area contributed by atoms with Gasteiger partial charge in [-0.05, 0) is 38.1 Å². The molecule has 2 aromatic heterocycles. The zero-order valence-corrected chi connectivity index (χ0v) is 16.4. The second-order valence-electron chi connectivity index (χ2n) is 6.90. The van der Waals surface area contributed by atoms with Crippen molar-refractivity contribution in [1.82, 2.24) is 10.3 Å². The number of nitriles is 2.